The van der Waals surface area contributed by atoms with Crippen molar-refractivity contribution >= 4 is 17.2 Å². The number of amides is 1. The molecule has 0 N–H and O–H groups in total. The summed E-state index contributed by atoms with van der Waals surface area (Å²) >= 11 is 1.19. The average Bonchev–Trinajstić information content (AvgIpc) is 3.15. The molecular formula is C23H22F3N3OS. The number of carbonyl (C=O) groups excluding carboxylic acids is 1. The molecule has 162 valence electrons. The number of carbonyl (C=O) groups is 1. The predicted octanol–water partition coefficient (Wildman–Crippen LogP) is 5.18. The van der Waals surface area contributed by atoms with E-state index in [1.165, 1.54) is 23.0 Å². The fraction of sp³-hybridized carbons (Fsp3) is 0.304. The molecule has 1 aliphatic rings. The summed E-state index contributed by atoms with van der Waals surface area (Å²) in [5, 5.41) is 2.04. The largest absolute Gasteiger partial charge is 0.416 e. The number of thiazole rings is 1. The Labute approximate surface area is 182 Å². The number of halogens is 3. The molecule has 0 saturated carbocycles. The summed E-state index contributed by atoms with van der Waals surface area (Å²) in [6.07, 6.45) is -3.55. The molecule has 2 heterocycles. The van der Waals surface area contributed by atoms with Crippen molar-refractivity contribution in [1.82, 2.24) is 14.8 Å². The van der Waals surface area contributed by atoms with Crippen LogP contribution in [0.3, 0.4) is 0 Å². The summed E-state index contributed by atoms with van der Waals surface area (Å²) in [6.45, 7) is 3.76. The lowest BCUT2D eigenvalue weighted by molar-refractivity contribution is -0.137. The molecule has 1 amide bonds. The van der Waals surface area contributed by atoms with Crippen molar-refractivity contribution in [3.05, 3.63) is 76.8 Å². The highest BCUT2D eigenvalue weighted by molar-refractivity contribution is 7.13. The Bertz CT molecular complexity index is 1040. The fourth-order valence-electron chi connectivity index (χ4n) is 3.67. The van der Waals surface area contributed by atoms with Crippen molar-refractivity contribution in [2.75, 3.05) is 26.2 Å². The minimum atomic E-state index is -4.41. The SMILES string of the molecule is O=C(c1csc(-c2cccc(C(F)(F)F)c2)n1)N1CCCN(Cc2ccccc2)CC1. The van der Waals surface area contributed by atoms with Crippen molar-refractivity contribution < 1.29 is 18.0 Å². The first-order valence-electron chi connectivity index (χ1n) is 10.1. The maximum atomic E-state index is 13.0. The molecule has 3 aromatic rings. The van der Waals surface area contributed by atoms with Crippen LogP contribution in [0.1, 0.15) is 28.0 Å². The second-order valence-corrected chi connectivity index (χ2v) is 8.38. The van der Waals surface area contributed by atoms with E-state index in [0.717, 1.165) is 38.2 Å². The fourth-order valence-corrected chi connectivity index (χ4v) is 4.46. The molecule has 1 saturated heterocycles. The highest BCUT2D eigenvalue weighted by Gasteiger charge is 2.31. The molecule has 1 fully saturated rings. The maximum absolute atomic E-state index is 13.0. The van der Waals surface area contributed by atoms with Gasteiger partial charge >= 0.3 is 6.18 Å². The number of nitrogens with zero attached hydrogens (tertiary/aromatic N) is 3. The zero-order valence-corrected chi connectivity index (χ0v) is 17.6. The van der Waals surface area contributed by atoms with Gasteiger partial charge in [-0.1, -0.05) is 42.5 Å². The van der Waals surface area contributed by atoms with Gasteiger partial charge in [0.25, 0.3) is 5.91 Å². The zero-order chi connectivity index (χ0) is 21.8. The van der Waals surface area contributed by atoms with Gasteiger partial charge in [-0.25, -0.2) is 4.98 Å². The van der Waals surface area contributed by atoms with Crippen LogP contribution in [0.4, 0.5) is 13.2 Å². The van der Waals surface area contributed by atoms with Gasteiger partial charge in [0.15, 0.2) is 0 Å². The number of alkyl halides is 3. The van der Waals surface area contributed by atoms with Crippen LogP contribution in [0.25, 0.3) is 10.6 Å². The van der Waals surface area contributed by atoms with Crippen LogP contribution in [0.5, 0.6) is 0 Å². The lowest BCUT2D eigenvalue weighted by Gasteiger charge is -2.21. The van der Waals surface area contributed by atoms with E-state index in [9.17, 15) is 18.0 Å². The number of hydrogen-bond donors (Lipinski definition) is 0. The molecule has 0 unspecified atom stereocenters. The molecule has 8 heteroatoms. The molecule has 0 spiro atoms. The second-order valence-electron chi connectivity index (χ2n) is 7.52. The van der Waals surface area contributed by atoms with Crippen molar-refractivity contribution in [2.24, 2.45) is 0 Å². The maximum Gasteiger partial charge on any atom is 0.416 e. The molecule has 0 aliphatic carbocycles. The van der Waals surface area contributed by atoms with Crippen molar-refractivity contribution in [3.8, 4) is 10.6 Å². The molecule has 4 nitrogen and oxygen atoms in total. The Hall–Kier alpha value is -2.71. The van der Waals surface area contributed by atoms with Gasteiger partial charge < -0.3 is 4.90 Å². The van der Waals surface area contributed by atoms with Gasteiger partial charge in [0.2, 0.25) is 0 Å². The normalized spacial score (nSPS) is 15.6. The lowest BCUT2D eigenvalue weighted by atomic mass is 10.1. The van der Waals surface area contributed by atoms with E-state index >= 15 is 0 Å². The zero-order valence-electron chi connectivity index (χ0n) is 16.8. The Balaban J connectivity index is 1.42. The molecule has 4 rings (SSSR count). The van der Waals surface area contributed by atoms with E-state index in [-0.39, 0.29) is 11.6 Å². The second kappa shape index (κ2) is 9.20. The highest BCUT2D eigenvalue weighted by Crippen LogP contribution is 2.33. The Kier molecular flexibility index (Phi) is 6.38. The van der Waals surface area contributed by atoms with Gasteiger partial charge in [-0.2, -0.15) is 13.2 Å². The van der Waals surface area contributed by atoms with Gasteiger partial charge in [0.1, 0.15) is 10.7 Å². The lowest BCUT2D eigenvalue weighted by Crippen LogP contribution is -2.35. The standard InChI is InChI=1S/C23H22F3N3OS/c24-23(25,26)19-9-4-8-18(14-19)21-27-20(16-31-21)22(30)29-11-5-10-28(12-13-29)15-17-6-2-1-3-7-17/h1-4,6-9,14,16H,5,10-13,15H2. The molecule has 1 aliphatic heterocycles. The van der Waals surface area contributed by atoms with Crippen LogP contribution in [0, 0.1) is 0 Å². The smallest absolute Gasteiger partial charge is 0.336 e. The topological polar surface area (TPSA) is 36.4 Å². The van der Waals surface area contributed by atoms with E-state index in [4.69, 9.17) is 0 Å². The molecule has 0 bridgehead atoms. The van der Waals surface area contributed by atoms with Crippen molar-refractivity contribution in [1.29, 1.82) is 0 Å². The molecule has 1 aromatic heterocycles. The summed E-state index contributed by atoms with van der Waals surface area (Å²) in [6, 6.07) is 15.3. The van der Waals surface area contributed by atoms with E-state index in [1.54, 1.807) is 16.3 Å². The Morgan fingerprint density at radius 3 is 2.58 bits per heavy atom. The predicted molar refractivity (Wildman–Crippen MR) is 115 cm³/mol. The summed E-state index contributed by atoms with van der Waals surface area (Å²) < 4.78 is 39.0. The number of aromatic nitrogens is 1. The number of rotatable bonds is 4. The first kappa shape index (κ1) is 21.5. The van der Waals surface area contributed by atoms with Gasteiger partial charge in [-0.3, -0.25) is 9.69 Å². The number of hydrogen-bond acceptors (Lipinski definition) is 4. The summed E-state index contributed by atoms with van der Waals surface area (Å²) in [5.74, 6) is -0.170. The van der Waals surface area contributed by atoms with Gasteiger partial charge in [0.05, 0.1) is 5.56 Å². The van der Waals surface area contributed by atoms with E-state index in [0.29, 0.717) is 23.7 Å². The highest BCUT2D eigenvalue weighted by atomic mass is 32.1. The van der Waals surface area contributed by atoms with Crippen LogP contribution >= 0.6 is 11.3 Å². The van der Waals surface area contributed by atoms with E-state index < -0.39 is 11.7 Å². The first-order valence-corrected chi connectivity index (χ1v) is 11.0. The Morgan fingerprint density at radius 2 is 1.81 bits per heavy atom. The molecule has 31 heavy (non-hydrogen) atoms. The quantitative estimate of drug-likeness (QED) is 0.556. The minimum absolute atomic E-state index is 0.170. The third-order valence-electron chi connectivity index (χ3n) is 5.28. The van der Waals surface area contributed by atoms with Crippen LogP contribution < -0.4 is 0 Å². The summed E-state index contributed by atoms with van der Waals surface area (Å²) in [7, 11) is 0. The molecule has 0 radical (unpaired) electrons. The van der Waals surface area contributed by atoms with Crippen LogP contribution in [-0.2, 0) is 12.7 Å². The van der Waals surface area contributed by atoms with E-state index in [1.807, 2.05) is 18.2 Å². The van der Waals surface area contributed by atoms with E-state index in [2.05, 4.69) is 22.0 Å². The van der Waals surface area contributed by atoms with Gasteiger partial charge in [-0.05, 0) is 24.1 Å². The molecule has 2 aromatic carbocycles. The minimum Gasteiger partial charge on any atom is -0.336 e. The average molecular weight is 446 g/mol. The van der Waals surface area contributed by atoms with Crippen LogP contribution in [0.15, 0.2) is 60.0 Å². The first-order chi connectivity index (χ1) is 14.9. The number of benzene rings is 2. The summed E-state index contributed by atoms with van der Waals surface area (Å²) in [5.41, 5.74) is 1.17. The monoisotopic (exact) mass is 445 g/mol. The van der Waals surface area contributed by atoms with Crippen molar-refractivity contribution in [3.63, 3.8) is 0 Å². The van der Waals surface area contributed by atoms with Crippen LogP contribution in [0.2, 0.25) is 0 Å². The van der Waals surface area contributed by atoms with Crippen LogP contribution in [-0.4, -0.2) is 46.9 Å². The van der Waals surface area contributed by atoms with Gasteiger partial charge in [-0.15, -0.1) is 11.3 Å². The molecule has 0 atom stereocenters. The third kappa shape index (κ3) is 5.32. The molecular weight excluding hydrogens is 423 g/mol. The Morgan fingerprint density at radius 1 is 1.00 bits per heavy atom. The van der Waals surface area contributed by atoms with Gasteiger partial charge in [0, 0.05) is 43.7 Å². The van der Waals surface area contributed by atoms with Crippen molar-refractivity contribution in [2.45, 2.75) is 19.1 Å². The third-order valence-corrected chi connectivity index (χ3v) is 6.18. The summed E-state index contributed by atoms with van der Waals surface area (Å²) in [4.78, 5) is 21.4.